The molecule has 0 aromatic heterocycles. The lowest BCUT2D eigenvalue weighted by atomic mass is 10.1. The van der Waals surface area contributed by atoms with Gasteiger partial charge < -0.3 is 14.2 Å². The third-order valence-electron chi connectivity index (χ3n) is 2.92. The van der Waals surface area contributed by atoms with E-state index in [4.69, 9.17) is 14.2 Å². The molecular weight excluding hydrogens is 216 g/mol. The highest BCUT2D eigenvalue weighted by molar-refractivity contribution is 4.90. The van der Waals surface area contributed by atoms with Crippen molar-refractivity contribution in [2.24, 2.45) is 0 Å². The molecule has 1 atom stereocenters. The standard InChI is InChI=1S/C14H26O3/c1-11(2)7-8-16-13(3,4)10-17-14(5,6)12-9-15-12/h12H,1,7-10H2,2-6H3. The van der Waals surface area contributed by atoms with Crippen LogP contribution in [0.25, 0.3) is 0 Å². The van der Waals surface area contributed by atoms with Crippen molar-refractivity contribution in [2.45, 2.75) is 58.3 Å². The van der Waals surface area contributed by atoms with E-state index >= 15 is 0 Å². The smallest absolute Gasteiger partial charge is 0.109 e. The Kier molecular flexibility index (Phi) is 4.76. The van der Waals surface area contributed by atoms with E-state index in [1.807, 2.05) is 6.92 Å². The largest absolute Gasteiger partial charge is 0.373 e. The van der Waals surface area contributed by atoms with Crippen LogP contribution >= 0.6 is 0 Å². The molecule has 3 heteroatoms. The minimum Gasteiger partial charge on any atom is -0.373 e. The summed E-state index contributed by atoms with van der Waals surface area (Å²) in [7, 11) is 0. The molecule has 1 aliphatic heterocycles. The van der Waals surface area contributed by atoms with Crippen molar-refractivity contribution in [1.82, 2.24) is 0 Å². The van der Waals surface area contributed by atoms with Crippen molar-refractivity contribution in [2.75, 3.05) is 19.8 Å². The summed E-state index contributed by atoms with van der Waals surface area (Å²) in [6.07, 6.45) is 1.15. The molecule has 100 valence electrons. The van der Waals surface area contributed by atoms with E-state index in [1.54, 1.807) is 0 Å². The van der Waals surface area contributed by atoms with Gasteiger partial charge in [0.05, 0.1) is 31.0 Å². The summed E-state index contributed by atoms with van der Waals surface area (Å²) < 4.78 is 17.0. The van der Waals surface area contributed by atoms with Gasteiger partial charge in [-0.05, 0) is 41.0 Å². The van der Waals surface area contributed by atoms with Crippen LogP contribution in [-0.2, 0) is 14.2 Å². The second kappa shape index (κ2) is 5.51. The highest BCUT2D eigenvalue weighted by Gasteiger charge is 2.41. The zero-order chi connectivity index (χ0) is 13.1. The second-order valence-electron chi connectivity index (χ2n) is 6.03. The molecular formula is C14H26O3. The van der Waals surface area contributed by atoms with Gasteiger partial charge in [-0.2, -0.15) is 0 Å². The predicted molar refractivity (Wildman–Crippen MR) is 69.2 cm³/mol. The van der Waals surface area contributed by atoms with Crippen molar-refractivity contribution < 1.29 is 14.2 Å². The Morgan fingerprint density at radius 3 is 2.35 bits per heavy atom. The molecule has 0 radical (unpaired) electrons. The summed E-state index contributed by atoms with van der Waals surface area (Å²) in [6.45, 7) is 16.2. The van der Waals surface area contributed by atoms with Crippen LogP contribution in [0.5, 0.6) is 0 Å². The number of ether oxygens (including phenoxy) is 3. The molecule has 1 rings (SSSR count). The maximum absolute atomic E-state index is 5.90. The van der Waals surface area contributed by atoms with Crippen molar-refractivity contribution >= 4 is 0 Å². The third kappa shape index (κ3) is 5.66. The quantitative estimate of drug-likeness (QED) is 0.484. The molecule has 1 unspecified atom stereocenters. The molecule has 0 aromatic rings. The van der Waals surface area contributed by atoms with Crippen molar-refractivity contribution in [3.05, 3.63) is 12.2 Å². The number of hydrogen-bond acceptors (Lipinski definition) is 3. The van der Waals surface area contributed by atoms with Gasteiger partial charge in [0.2, 0.25) is 0 Å². The van der Waals surface area contributed by atoms with E-state index < -0.39 is 0 Å². The van der Waals surface area contributed by atoms with Crippen LogP contribution in [0.4, 0.5) is 0 Å². The summed E-state index contributed by atoms with van der Waals surface area (Å²) in [5.41, 5.74) is 0.671. The van der Waals surface area contributed by atoms with E-state index in [-0.39, 0.29) is 17.3 Å². The summed E-state index contributed by atoms with van der Waals surface area (Å²) in [4.78, 5) is 0. The van der Waals surface area contributed by atoms with Crippen molar-refractivity contribution in [3.8, 4) is 0 Å². The number of rotatable bonds is 8. The minimum atomic E-state index is -0.262. The van der Waals surface area contributed by atoms with Crippen molar-refractivity contribution in [3.63, 3.8) is 0 Å². The Labute approximate surface area is 105 Å². The van der Waals surface area contributed by atoms with Gasteiger partial charge in [-0.1, -0.05) is 5.57 Å². The maximum atomic E-state index is 5.90. The maximum Gasteiger partial charge on any atom is 0.109 e. The summed E-state index contributed by atoms with van der Waals surface area (Å²) in [5.74, 6) is 0. The first-order valence-corrected chi connectivity index (χ1v) is 6.27. The van der Waals surface area contributed by atoms with Crippen LogP contribution in [0.3, 0.4) is 0 Å². The highest BCUT2D eigenvalue weighted by atomic mass is 16.6. The molecule has 1 heterocycles. The second-order valence-corrected chi connectivity index (χ2v) is 6.03. The minimum absolute atomic E-state index is 0.213. The lowest BCUT2D eigenvalue weighted by Crippen LogP contribution is -2.39. The van der Waals surface area contributed by atoms with Gasteiger partial charge in [0.25, 0.3) is 0 Å². The van der Waals surface area contributed by atoms with Crippen LogP contribution in [0, 0.1) is 0 Å². The molecule has 0 saturated carbocycles. The predicted octanol–water partition coefficient (Wildman–Crippen LogP) is 2.94. The van der Waals surface area contributed by atoms with Gasteiger partial charge in [0.15, 0.2) is 0 Å². The fourth-order valence-electron chi connectivity index (χ4n) is 1.45. The number of hydrogen-bond donors (Lipinski definition) is 0. The van der Waals surface area contributed by atoms with Crippen LogP contribution < -0.4 is 0 Å². The average molecular weight is 242 g/mol. The molecule has 1 fully saturated rings. The summed E-state index contributed by atoms with van der Waals surface area (Å²) in [6, 6.07) is 0. The summed E-state index contributed by atoms with van der Waals surface area (Å²) >= 11 is 0. The van der Waals surface area contributed by atoms with Gasteiger partial charge in [0, 0.05) is 0 Å². The van der Waals surface area contributed by atoms with Crippen LogP contribution in [0.15, 0.2) is 12.2 Å². The highest BCUT2D eigenvalue weighted by Crippen LogP contribution is 2.28. The molecule has 0 N–H and O–H groups in total. The lowest BCUT2D eigenvalue weighted by molar-refractivity contribution is -0.125. The molecule has 0 bridgehead atoms. The van der Waals surface area contributed by atoms with Crippen LogP contribution in [0.2, 0.25) is 0 Å². The van der Waals surface area contributed by atoms with Crippen LogP contribution in [0.1, 0.15) is 41.0 Å². The van der Waals surface area contributed by atoms with Gasteiger partial charge in [-0.25, -0.2) is 0 Å². The monoisotopic (exact) mass is 242 g/mol. The SMILES string of the molecule is C=C(C)CCOC(C)(C)COC(C)(C)C1CO1. The average Bonchev–Trinajstić information content (AvgIpc) is 2.97. The number of epoxide rings is 1. The summed E-state index contributed by atoms with van der Waals surface area (Å²) in [5, 5.41) is 0. The van der Waals surface area contributed by atoms with Crippen LogP contribution in [-0.4, -0.2) is 37.1 Å². The third-order valence-corrected chi connectivity index (χ3v) is 2.92. The van der Waals surface area contributed by atoms with E-state index in [0.29, 0.717) is 13.2 Å². The Bertz CT molecular complexity index is 265. The normalized spacial score (nSPS) is 20.4. The van der Waals surface area contributed by atoms with Gasteiger partial charge in [-0.3, -0.25) is 0 Å². The first-order valence-electron chi connectivity index (χ1n) is 6.27. The Balaban J connectivity index is 2.25. The van der Waals surface area contributed by atoms with E-state index in [1.165, 1.54) is 0 Å². The topological polar surface area (TPSA) is 31.0 Å². The fraction of sp³-hybridized carbons (Fsp3) is 0.857. The Morgan fingerprint density at radius 2 is 1.88 bits per heavy atom. The molecule has 0 amide bonds. The molecule has 1 saturated heterocycles. The Hall–Kier alpha value is -0.380. The van der Waals surface area contributed by atoms with Gasteiger partial charge in [-0.15, -0.1) is 6.58 Å². The van der Waals surface area contributed by atoms with E-state index in [0.717, 1.165) is 18.6 Å². The first kappa shape index (κ1) is 14.7. The van der Waals surface area contributed by atoms with E-state index in [2.05, 4.69) is 34.3 Å². The first-order chi connectivity index (χ1) is 7.73. The fourth-order valence-corrected chi connectivity index (χ4v) is 1.45. The molecule has 0 aliphatic carbocycles. The zero-order valence-corrected chi connectivity index (χ0v) is 11.8. The molecule has 3 nitrogen and oxygen atoms in total. The molecule has 17 heavy (non-hydrogen) atoms. The lowest BCUT2D eigenvalue weighted by Gasteiger charge is -2.31. The van der Waals surface area contributed by atoms with Crippen molar-refractivity contribution in [1.29, 1.82) is 0 Å². The van der Waals surface area contributed by atoms with E-state index in [9.17, 15) is 0 Å². The molecule has 1 aliphatic rings. The molecule has 0 spiro atoms. The Morgan fingerprint density at radius 1 is 1.29 bits per heavy atom. The van der Waals surface area contributed by atoms with Gasteiger partial charge >= 0.3 is 0 Å². The molecule has 0 aromatic carbocycles. The van der Waals surface area contributed by atoms with Gasteiger partial charge in [0.1, 0.15) is 6.10 Å². The zero-order valence-electron chi connectivity index (χ0n) is 11.8.